The first-order valence-electron chi connectivity index (χ1n) is 7.09. The van der Waals surface area contributed by atoms with E-state index in [9.17, 15) is 19.2 Å². The number of hydrogen-bond donors (Lipinski definition) is 1. The van der Waals surface area contributed by atoms with E-state index in [4.69, 9.17) is 9.47 Å². The van der Waals surface area contributed by atoms with Crippen LogP contribution in [0.25, 0.3) is 0 Å². The molecule has 0 spiro atoms. The third-order valence-electron chi connectivity index (χ3n) is 3.74. The highest BCUT2D eigenvalue weighted by Gasteiger charge is 2.38. The van der Waals surface area contributed by atoms with E-state index in [1.807, 2.05) is 22.6 Å². The molecule has 1 aromatic rings. The molecule has 0 aliphatic heterocycles. The van der Waals surface area contributed by atoms with Crippen molar-refractivity contribution in [2.75, 3.05) is 6.61 Å². The van der Waals surface area contributed by atoms with Crippen molar-refractivity contribution >= 4 is 34.5 Å². The number of aromatic amines is 1. The molecule has 126 valence electrons. The first-order valence-corrected chi connectivity index (χ1v) is 8.17. The van der Waals surface area contributed by atoms with Gasteiger partial charge in [0.05, 0.1) is 10.2 Å². The van der Waals surface area contributed by atoms with Crippen molar-refractivity contribution in [1.82, 2.24) is 9.55 Å². The molecule has 1 aromatic heterocycles. The maximum absolute atomic E-state index is 12.0. The molecule has 1 aliphatic carbocycles. The van der Waals surface area contributed by atoms with Gasteiger partial charge in [-0.3, -0.25) is 23.9 Å². The van der Waals surface area contributed by atoms with Gasteiger partial charge in [-0.2, -0.15) is 0 Å². The van der Waals surface area contributed by atoms with Gasteiger partial charge in [0.1, 0.15) is 6.10 Å². The zero-order valence-corrected chi connectivity index (χ0v) is 14.9. The van der Waals surface area contributed by atoms with Gasteiger partial charge in [0.25, 0.3) is 5.56 Å². The van der Waals surface area contributed by atoms with Crippen LogP contribution >= 0.6 is 22.6 Å². The monoisotopic (exact) mass is 436 g/mol. The first kappa shape index (κ1) is 17.7. The highest BCUT2D eigenvalue weighted by molar-refractivity contribution is 14.1. The molecule has 1 unspecified atom stereocenters. The van der Waals surface area contributed by atoms with Crippen LogP contribution < -0.4 is 11.2 Å². The zero-order valence-electron chi connectivity index (χ0n) is 12.7. The molecule has 8 nitrogen and oxygen atoms in total. The van der Waals surface area contributed by atoms with Crippen LogP contribution in [0.2, 0.25) is 0 Å². The molecule has 0 aromatic carbocycles. The number of H-pyrrole nitrogens is 1. The van der Waals surface area contributed by atoms with Gasteiger partial charge in [-0.25, -0.2) is 4.79 Å². The summed E-state index contributed by atoms with van der Waals surface area (Å²) in [6.07, 6.45) is 1.99. The Labute approximate surface area is 145 Å². The molecule has 9 heteroatoms. The van der Waals surface area contributed by atoms with Crippen molar-refractivity contribution in [3.05, 3.63) is 30.6 Å². The van der Waals surface area contributed by atoms with Gasteiger partial charge in [0.15, 0.2) is 0 Å². The predicted octanol–water partition coefficient (Wildman–Crippen LogP) is 0.587. The molecule has 1 saturated carbocycles. The Morgan fingerprint density at radius 2 is 2.00 bits per heavy atom. The van der Waals surface area contributed by atoms with Gasteiger partial charge in [-0.15, -0.1) is 0 Å². The molecule has 2 rings (SSSR count). The SMILES string of the molecule is CC(=O)OC[C@H]1C[C@@H](n2cc(I)c(=O)[nH]c2=O)CC1OC(C)=O. The summed E-state index contributed by atoms with van der Waals surface area (Å²) in [4.78, 5) is 47.9. The number of ether oxygens (including phenoxy) is 2. The van der Waals surface area contributed by atoms with Crippen LogP contribution in [0.3, 0.4) is 0 Å². The minimum absolute atomic E-state index is 0.124. The van der Waals surface area contributed by atoms with Crippen molar-refractivity contribution in [2.45, 2.75) is 38.8 Å². The van der Waals surface area contributed by atoms with Crippen LogP contribution in [0, 0.1) is 9.49 Å². The second kappa shape index (κ2) is 7.28. The number of nitrogens with one attached hydrogen (secondary N) is 1. The van der Waals surface area contributed by atoms with E-state index >= 15 is 0 Å². The van der Waals surface area contributed by atoms with E-state index in [1.54, 1.807) is 0 Å². The Kier molecular flexibility index (Phi) is 5.60. The Morgan fingerprint density at radius 1 is 1.30 bits per heavy atom. The van der Waals surface area contributed by atoms with Crippen molar-refractivity contribution < 1.29 is 19.1 Å². The number of nitrogens with zero attached hydrogens (tertiary/aromatic N) is 1. The third kappa shape index (κ3) is 4.43. The Morgan fingerprint density at radius 3 is 2.61 bits per heavy atom. The predicted molar refractivity (Wildman–Crippen MR) is 88.0 cm³/mol. The molecule has 0 bridgehead atoms. The molecule has 1 aliphatic rings. The maximum Gasteiger partial charge on any atom is 0.328 e. The van der Waals surface area contributed by atoms with E-state index in [1.165, 1.54) is 24.6 Å². The number of esters is 2. The topological polar surface area (TPSA) is 107 Å². The number of halogens is 1. The summed E-state index contributed by atoms with van der Waals surface area (Å²) in [5.41, 5.74) is -0.937. The number of rotatable bonds is 4. The summed E-state index contributed by atoms with van der Waals surface area (Å²) in [5, 5.41) is 0. The molecule has 1 N–H and O–H groups in total. The minimum Gasteiger partial charge on any atom is -0.465 e. The fourth-order valence-electron chi connectivity index (χ4n) is 2.77. The standard InChI is InChI=1S/C14H17IN2O6/c1-7(18)22-6-9-3-10(4-12(9)23-8(2)19)17-5-11(15)13(20)16-14(17)21/h5,9-10,12H,3-4,6H2,1-2H3,(H,16,20,21)/t9-,10-,12?/m1/s1. The summed E-state index contributed by atoms with van der Waals surface area (Å²) < 4.78 is 12.1. The molecule has 1 heterocycles. The quantitative estimate of drug-likeness (QED) is 0.547. The van der Waals surface area contributed by atoms with Gasteiger partial charge in [-0.1, -0.05) is 0 Å². The fraction of sp³-hybridized carbons (Fsp3) is 0.571. The third-order valence-corrected chi connectivity index (χ3v) is 4.51. The summed E-state index contributed by atoms with van der Waals surface area (Å²) in [7, 11) is 0. The minimum atomic E-state index is -0.505. The number of carbonyl (C=O) groups excluding carboxylic acids is 2. The van der Waals surface area contributed by atoms with Crippen molar-refractivity contribution in [3.8, 4) is 0 Å². The highest BCUT2D eigenvalue weighted by atomic mass is 127. The number of hydrogen-bond acceptors (Lipinski definition) is 6. The van der Waals surface area contributed by atoms with E-state index < -0.39 is 29.3 Å². The Bertz CT molecular complexity index is 725. The lowest BCUT2D eigenvalue weighted by molar-refractivity contribution is -0.151. The van der Waals surface area contributed by atoms with Crippen LogP contribution in [-0.4, -0.2) is 34.2 Å². The van der Waals surface area contributed by atoms with Crippen LogP contribution in [0.1, 0.15) is 32.7 Å². The normalized spacial score (nSPS) is 23.5. The van der Waals surface area contributed by atoms with E-state index in [-0.39, 0.29) is 18.6 Å². The average Bonchev–Trinajstić information content (AvgIpc) is 2.82. The lowest BCUT2D eigenvalue weighted by atomic mass is 10.1. The molecule has 23 heavy (non-hydrogen) atoms. The maximum atomic E-state index is 12.0. The molecule has 0 radical (unpaired) electrons. The van der Waals surface area contributed by atoms with Gasteiger partial charge in [-0.05, 0) is 29.0 Å². The number of carbonyl (C=O) groups is 2. The molecular weight excluding hydrogens is 419 g/mol. The largest absolute Gasteiger partial charge is 0.465 e. The van der Waals surface area contributed by atoms with Crippen molar-refractivity contribution in [2.24, 2.45) is 5.92 Å². The van der Waals surface area contributed by atoms with Gasteiger partial charge >= 0.3 is 17.6 Å². The summed E-state index contributed by atoms with van der Waals surface area (Å²) in [6.45, 7) is 2.74. The fourth-order valence-corrected chi connectivity index (χ4v) is 3.21. The van der Waals surface area contributed by atoms with Crippen LogP contribution in [-0.2, 0) is 19.1 Å². The lowest BCUT2D eigenvalue weighted by Gasteiger charge is -2.18. The van der Waals surface area contributed by atoms with E-state index in [0.29, 0.717) is 16.4 Å². The molecule has 0 amide bonds. The highest BCUT2D eigenvalue weighted by Crippen LogP contribution is 2.36. The molecule has 3 atom stereocenters. The smallest absolute Gasteiger partial charge is 0.328 e. The van der Waals surface area contributed by atoms with Crippen LogP contribution in [0.5, 0.6) is 0 Å². The Balaban J connectivity index is 2.23. The second-order valence-electron chi connectivity index (χ2n) is 5.48. The van der Waals surface area contributed by atoms with E-state index in [0.717, 1.165) is 0 Å². The summed E-state index contributed by atoms with van der Waals surface area (Å²) >= 11 is 1.85. The van der Waals surface area contributed by atoms with Crippen molar-refractivity contribution in [1.29, 1.82) is 0 Å². The van der Waals surface area contributed by atoms with Gasteiger partial charge < -0.3 is 9.47 Å². The Hall–Kier alpha value is -1.65. The zero-order chi connectivity index (χ0) is 17.1. The first-order chi connectivity index (χ1) is 10.8. The van der Waals surface area contributed by atoms with Crippen LogP contribution in [0.4, 0.5) is 0 Å². The molecule has 1 fully saturated rings. The van der Waals surface area contributed by atoms with Crippen LogP contribution in [0.15, 0.2) is 15.8 Å². The van der Waals surface area contributed by atoms with E-state index in [2.05, 4.69) is 4.98 Å². The number of aromatic nitrogens is 2. The lowest BCUT2D eigenvalue weighted by Crippen LogP contribution is -2.33. The molecule has 0 saturated heterocycles. The summed E-state index contributed by atoms with van der Waals surface area (Å²) in [5.74, 6) is -1.03. The van der Waals surface area contributed by atoms with Gasteiger partial charge in [0, 0.05) is 38.4 Å². The molecular formula is C14H17IN2O6. The van der Waals surface area contributed by atoms with Gasteiger partial charge in [0.2, 0.25) is 0 Å². The second-order valence-corrected chi connectivity index (χ2v) is 6.64. The average molecular weight is 436 g/mol. The van der Waals surface area contributed by atoms with Crippen molar-refractivity contribution in [3.63, 3.8) is 0 Å². The summed E-state index contributed by atoms with van der Waals surface area (Å²) in [6, 6.07) is -0.238.